The van der Waals surface area contributed by atoms with Crippen LogP contribution in [0.1, 0.15) is 37.1 Å². The first kappa shape index (κ1) is 28.3. The minimum absolute atomic E-state index is 0.0135. The number of morpholine rings is 1. The van der Waals surface area contributed by atoms with Crippen molar-refractivity contribution in [1.29, 1.82) is 0 Å². The van der Waals surface area contributed by atoms with Crippen LogP contribution < -0.4 is 0 Å². The second-order valence-corrected chi connectivity index (χ2v) is 11.7. The molecule has 1 aliphatic rings. The van der Waals surface area contributed by atoms with Crippen LogP contribution in [0.25, 0.3) is 0 Å². The van der Waals surface area contributed by atoms with Crippen LogP contribution in [0.4, 0.5) is 0 Å². The third-order valence-corrected chi connectivity index (χ3v) is 7.85. The molecule has 1 aliphatic heterocycles. The molecule has 2 heterocycles. The average molecular weight is 521 g/mol. The topological polar surface area (TPSA) is 94.0 Å². The second kappa shape index (κ2) is 13.3. The fraction of sp³-hybridized carbons (Fsp3) is 0.615. The summed E-state index contributed by atoms with van der Waals surface area (Å²) in [7, 11) is -2.12. The van der Waals surface area contributed by atoms with Crippen molar-refractivity contribution < 1.29 is 22.7 Å². The maximum atomic E-state index is 13.4. The summed E-state index contributed by atoms with van der Waals surface area (Å²) < 4.78 is 39.1. The van der Waals surface area contributed by atoms with Gasteiger partial charge in [0.25, 0.3) is 0 Å². The summed E-state index contributed by atoms with van der Waals surface area (Å²) in [5, 5.41) is 0.0135. The molecule has 0 saturated carbocycles. The molecular weight excluding hydrogens is 480 g/mol. The number of ether oxygens (including phenoxy) is 2. The van der Waals surface area contributed by atoms with Crippen LogP contribution >= 0.6 is 0 Å². The molecule has 1 aromatic carbocycles. The van der Waals surface area contributed by atoms with Crippen molar-refractivity contribution in [2.24, 2.45) is 5.92 Å². The van der Waals surface area contributed by atoms with E-state index in [2.05, 4.69) is 9.88 Å². The van der Waals surface area contributed by atoms with Gasteiger partial charge in [0, 0.05) is 46.3 Å². The Bertz CT molecular complexity index is 1080. The molecule has 0 radical (unpaired) electrons. The summed E-state index contributed by atoms with van der Waals surface area (Å²) in [6.45, 7) is 11.4. The van der Waals surface area contributed by atoms with Gasteiger partial charge < -0.3 is 18.9 Å². The van der Waals surface area contributed by atoms with Gasteiger partial charge in [0.15, 0.2) is 0 Å². The largest absolute Gasteiger partial charge is 0.383 e. The maximum Gasteiger partial charge on any atom is 0.228 e. The quantitative estimate of drug-likeness (QED) is 0.401. The highest BCUT2D eigenvalue weighted by Crippen LogP contribution is 2.20. The van der Waals surface area contributed by atoms with E-state index in [0.717, 1.165) is 25.2 Å². The summed E-state index contributed by atoms with van der Waals surface area (Å²) >= 11 is 0. The van der Waals surface area contributed by atoms with Crippen molar-refractivity contribution in [2.75, 3.05) is 53.1 Å². The van der Waals surface area contributed by atoms with Crippen molar-refractivity contribution in [3.63, 3.8) is 0 Å². The van der Waals surface area contributed by atoms with E-state index in [4.69, 9.17) is 9.47 Å². The first-order chi connectivity index (χ1) is 17.2. The summed E-state index contributed by atoms with van der Waals surface area (Å²) in [4.78, 5) is 21.6. The summed E-state index contributed by atoms with van der Waals surface area (Å²) in [6, 6.07) is 7.46. The number of nitrogens with zero attached hydrogens (tertiary/aromatic N) is 4. The van der Waals surface area contributed by atoms with Crippen molar-refractivity contribution in [1.82, 2.24) is 19.4 Å². The number of methoxy groups -OCH3 is 1. The average Bonchev–Trinajstić information content (AvgIpc) is 3.25. The van der Waals surface area contributed by atoms with E-state index in [1.165, 1.54) is 0 Å². The molecule has 10 heteroatoms. The Hall–Kier alpha value is -2.27. The molecule has 0 atom stereocenters. The van der Waals surface area contributed by atoms with Gasteiger partial charge in [-0.05, 0) is 18.4 Å². The predicted octanol–water partition coefficient (Wildman–Crippen LogP) is 2.52. The molecule has 0 N–H and O–H groups in total. The fourth-order valence-electron chi connectivity index (χ4n) is 4.21. The molecule has 1 fully saturated rings. The molecule has 1 amide bonds. The summed E-state index contributed by atoms with van der Waals surface area (Å²) in [5.41, 5.74) is 2.47. The van der Waals surface area contributed by atoms with Gasteiger partial charge in [0.05, 0.1) is 44.0 Å². The van der Waals surface area contributed by atoms with Crippen molar-refractivity contribution in [3.8, 4) is 0 Å². The van der Waals surface area contributed by atoms with Crippen LogP contribution in [-0.2, 0) is 42.9 Å². The highest BCUT2D eigenvalue weighted by Gasteiger charge is 2.26. The number of imidazole rings is 1. The van der Waals surface area contributed by atoms with E-state index in [-0.39, 0.29) is 22.7 Å². The van der Waals surface area contributed by atoms with Gasteiger partial charge in [-0.15, -0.1) is 0 Å². The van der Waals surface area contributed by atoms with Crippen molar-refractivity contribution >= 4 is 15.7 Å². The molecule has 0 aliphatic carbocycles. The maximum absolute atomic E-state index is 13.4. The van der Waals surface area contributed by atoms with Crippen molar-refractivity contribution in [2.45, 2.75) is 51.2 Å². The lowest BCUT2D eigenvalue weighted by atomic mass is 10.1. The predicted molar refractivity (Wildman–Crippen MR) is 138 cm³/mol. The Morgan fingerprint density at radius 2 is 1.86 bits per heavy atom. The van der Waals surface area contributed by atoms with E-state index in [0.29, 0.717) is 57.1 Å². The number of aromatic nitrogens is 2. The van der Waals surface area contributed by atoms with Gasteiger partial charge in [-0.1, -0.05) is 43.7 Å². The monoisotopic (exact) mass is 520 g/mol. The van der Waals surface area contributed by atoms with Crippen LogP contribution in [0, 0.1) is 12.8 Å². The molecule has 200 valence electrons. The lowest BCUT2D eigenvalue weighted by molar-refractivity contribution is -0.133. The van der Waals surface area contributed by atoms with E-state index in [1.54, 1.807) is 17.9 Å². The number of carbonyl (C=O) groups excluding carboxylic acids is 1. The molecule has 0 spiro atoms. The zero-order valence-corrected chi connectivity index (χ0v) is 22.8. The standard InChI is InChI=1S/C26H40N4O5S/c1-21(2)17-25(31)29(10-9-28-11-15-35-16-12-28)19-24-18-27-26(30(24)13-14-34-4)36(32,33)20-23-7-5-22(3)6-8-23/h5-8,18,21H,9-17,19-20H2,1-4H3. The van der Waals surface area contributed by atoms with Gasteiger partial charge in [0.2, 0.25) is 20.9 Å². The smallest absolute Gasteiger partial charge is 0.228 e. The molecule has 3 rings (SSSR count). The first-order valence-electron chi connectivity index (χ1n) is 12.6. The molecule has 0 bridgehead atoms. The molecule has 2 aromatic rings. The Labute approximate surface area is 215 Å². The first-order valence-corrected chi connectivity index (χ1v) is 14.2. The number of hydrogen-bond acceptors (Lipinski definition) is 7. The number of benzene rings is 1. The summed E-state index contributed by atoms with van der Waals surface area (Å²) in [5.74, 6) is 0.151. The highest BCUT2D eigenvalue weighted by molar-refractivity contribution is 7.90. The van der Waals surface area contributed by atoms with Crippen LogP contribution in [0.5, 0.6) is 0 Å². The number of rotatable bonds is 13. The molecular formula is C26H40N4O5S. The number of carbonyl (C=O) groups is 1. The molecule has 1 aromatic heterocycles. The highest BCUT2D eigenvalue weighted by atomic mass is 32.2. The van der Waals surface area contributed by atoms with Crippen LogP contribution in [-0.4, -0.2) is 86.8 Å². The minimum Gasteiger partial charge on any atom is -0.383 e. The Morgan fingerprint density at radius 1 is 1.17 bits per heavy atom. The van der Waals surface area contributed by atoms with Crippen LogP contribution in [0.2, 0.25) is 0 Å². The minimum atomic E-state index is -3.70. The van der Waals surface area contributed by atoms with Gasteiger partial charge in [-0.3, -0.25) is 9.69 Å². The SMILES string of the molecule is COCCn1c(CN(CCN2CCOCC2)C(=O)CC(C)C)cnc1S(=O)(=O)Cc1ccc(C)cc1. The van der Waals surface area contributed by atoms with E-state index in [9.17, 15) is 13.2 Å². The third kappa shape index (κ3) is 8.12. The molecule has 9 nitrogen and oxygen atoms in total. The Morgan fingerprint density at radius 3 is 2.50 bits per heavy atom. The molecule has 0 unspecified atom stereocenters. The van der Waals surface area contributed by atoms with Crippen molar-refractivity contribution in [3.05, 3.63) is 47.3 Å². The zero-order chi connectivity index (χ0) is 26.1. The lowest BCUT2D eigenvalue weighted by Crippen LogP contribution is -2.43. The van der Waals surface area contributed by atoms with Gasteiger partial charge in [-0.25, -0.2) is 13.4 Å². The van der Waals surface area contributed by atoms with E-state index < -0.39 is 9.84 Å². The van der Waals surface area contributed by atoms with E-state index in [1.807, 2.05) is 49.9 Å². The third-order valence-electron chi connectivity index (χ3n) is 6.25. The second-order valence-electron chi connectivity index (χ2n) is 9.79. The Kier molecular flexibility index (Phi) is 10.5. The molecule has 1 saturated heterocycles. The fourth-order valence-corrected chi connectivity index (χ4v) is 5.73. The van der Waals surface area contributed by atoms with Gasteiger partial charge in [0.1, 0.15) is 0 Å². The molecule has 36 heavy (non-hydrogen) atoms. The normalized spacial score (nSPS) is 14.9. The Balaban J connectivity index is 1.84. The number of sulfone groups is 1. The van der Waals surface area contributed by atoms with E-state index >= 15 is 0 Å². The van der Waals surface area contributed by atoms with Gasteiger partial charge in [-0.2, -0.15) is 0 Å². The zero-order valence-electron chi connectivity index (χ0n) is 22.0. The number of aryl methyl sites for hydroxylation is 1. The number of amides is 1. The number of hydrogen-bond donors (Lipinski definition) is 0. The summed E-state index contributed by atoms with van der Waals surface area (Å²) in [6.07, 6.45) is 2.02. The van der Waals surface area contributed by atoms with Crippen LogP contribution in [0.3, 0.4) is 0 Å². The van der Waals surface area contributed by atoms with Gasteiger partial charge >= 0.3 is 0 Å². The lowest BCUT2D eigenvalue weighted by Gasteiger charge is -2.30. The van der Waals surface area contributed by atoms with Crippen LogP contribution in [0.15, 0.2) is 35.6 Å².